The summed E-state index contributed by atoms with van der Waals surface area (Å²) in [6, 6.07) is 0. The van der Waals surface area contributed by atoms with Gasteiger partial charge in [0.2, 0.25) is 0 Å². The topological polar surface area (TPSA) is 0 Å². The quantitative estimate of drug-likeness (QED) is 0.527. The van der Waals surface area contributed by atoms with Crippen LogP contribution in [0.15, 0.2) is 43.0 Å². The first-order valence-electron chi connectivity index (χ1n) is 4.57. The Morgan fingerprint density at radius 2 is 1.13 bits per heavy atom. The number of halogens is 2. The second-order valence-corrected chi connectivity index (χ2v) is 7.37. The zero-order chi connectivity index (χ0) is 10.1. The third kappa shape index (κ3) is 14.4. The van der Waals surface area contributed by atoms with E-state index in [1.807, 2.05) is 0 Å². The molecule has 0 N–H and O–H groups in total. The summed E-state index contributed by atoms with van der Waals surface area (Å²) in [4.78, 5) is 0. The van der Waals surface area contributed by atoms with E-state index in [-0.39, 0.29) is 24.8 Å². The molecule has 0 amide bonds. The molecule has 0 fully saturated rings. The van der Waals surface area contributed by atoms with Crippen molar-refractivity contribution in [3.05, 3.63) is 43.0 Å². The summed E-state index contributed by atoms with van der Waals surface area (Å²) in [6.07, 6.45) is 12.9. The normalized spacial score (nSPS) is 12.3. The molecule has 0 rings (SSSR count). The molecule has 0 aromatic rings. The molecule has 0 nitrogen and oxygen atoms in total. The maximum absolute atomic E-state index is 2.24. The zero-order valence-corrected chi connectivity index (χ0v) is 13.7. The fourth-order valence-corrected chi connectivity index (χ4v) is 3.29. The fourth-order valence-electron chi connectivity index (χ4n) is 0.875. The van der Waals surface area contributed by atoms with Crippen LogP contribution in [-0.4, -0.2) is 0 Å². The van der Waals surface area contributed by atoms with Crippen molar-refractivity contribution in [2.24, 2.45) is 0 Å². The molecular formula is C12H18Cl2Zr. The summed E-state index contributed by atoms with van der Waals surface area (Å²) in [7, 11) is 0. The van der Waals surface area contributed by atoms with Crippen molar-refractivity contribution >= 4 is 0 Å². The molecule has 0 radical (unpaired) electrons. The molecule has 0 aliphatic rings. The van der Waals surface area contributed by atoms with E-state index < -0.39 is 23.2 Å². The van der Waals surface area contributed by atoms with Gasteiger partial charge in [0.25, 0.3) is 0 Å². The van der Waals surface area contributed by atoms with Crippen LogP contribution in [0.5, 0.6) is 0 Å². The summed E-state index contributed by atoms with van der Waals surface area (Å²) < 4.78 is 3.14. The third-order valence-corrected chi connectivity index (χ3v) is 4.23. The summed E-state index contributed by atoms with van der Waals surface area (Å²) >= 11 is -0.435. The Labute approximate surface area is 118 Å². The predicted molar refractivity (Wildman–Crippen MR) is 57.1 cm³/mol. The Morgan fingerprint density at radius 3 is 1.40 bits per heavy atom. The van der Waals surface area contributed by atoms with Crippen LogP contribution in [0.25, 0.3) is 0 Å². The van der Waals surface area contributed by atoms with E-state index in [0.29, 0.717) is 0 Å². The van der Waals surface area contributed by atoms with E-state index in [2.05, 4.69) is 64.2 Å². The first kappa shape index (κ1) is 20.8. The average molecular weight is 324 g/mol. The second-order valence-electron chi connectivity index (χ2n) is 2.88. The van der Waals surface area contributed by atoms with Crippen molar-refractivity contribution in [1.29, 1.82) is 0 Å². The van der Waals surface area contributed by atoms with Crippen LogP contribution in [0.1, 0.15) is 27.7 Å². The van der Waals surface area contributed by atoms with Gasteiger partial charge in [-0.25, -0.2) is 0 Å². The van der Waals surface area contributed by atoms with Crippen molar-refractivity contribution in [1.82, 2.24) is 0 Å². The van der Waals surface area contributed by atoms with Crippen LogP contribution < -0.4 is 24.8 Å². The monoisotopic (exact) mass is 322 g/mol. The molecule has 0 spiro atoms. The maximum atomic E-state index is 2.24. The minimum absolute atomic E-state index is 0. The van der Waals surface area contributed by atoms with Gasteiger partial charge in [-0.15, -0.1) is 0 Å². The van der Waals surface area contributed by atoms with Crippen molar-refractivity contribution in [3.63, 3.8) is 0 Å². The Hall–Kier alpha value is 0.423. The Morgan fingerprint density at radius 1 is 0.800 bits per heavy atom. The fraction of sp³-hybridized carbons (Fsp3) is 0.333. The predicted octanol–water partition coefficient (Wildman–Crippen LogP) is -1.96. The molecule has 3 heteroatoms. The standard InChI is InChI=1S/2C6H9.2ClH.Zr/c2*1-3-5-6-4-2;;;/h2*3,5-6H,1-2H3;2*1H;/q;;;;+2/p-2. The van der Waals surface area contributed by atoms with Crippen molar-refractivity contribution in [2.75, 3.05) is 0 Å². The molecule has 0 unspecified atom stereocenters. The molecule has 0 aromatic heterocycles. The first-order chi connectivity index (χ1) is 6.20. The van der Waals surface area contributed by atoms with Crippen molar-refractivity contribution in [2.45, 2.75) is 27.7 Å². The van der Waals surface area contributed by atoms with E-state index in [1.54, 1.807) is 6.56 Å². The molecule has 0 bridgehead atoms. The summed E-state index contributed by atoms with van der Waals surface area (Å²) in [6.45, 7) is 8.58. The van der Waals surface area contributed by atoms with Crippen LogP contribution in [0, 0.1) is 0 Å². The van der Waals surface area contributed by atoms with Gasteiger partial charge in [0.05, 0.1) is 0 Å². The first-order valence-corrected chi connectivity index (χ1v) is 7.02. The van der Waals surface area contributed by atoms with Crippen LogP contribution in [-0.2, 0) is 23.2 Å². The van der Waals surface area contributed by atoms with Crippen molar-refractivity contribution in [3.8, 4) is 0 Å². The summed E-state index contributed by atoms with van der Waals surface area (Å²) in [5, 5.41) is 0. The van der Waals surface area contributed by atoms with Crippen LogP contribution in [0.2, 0.25) is 0 Å². The van der Waals surface area contributed by atoms with Gasteiger partial charge in [-0.1, -0.05) is 0 Å². The molecular weight excluding hydrogens is 306 g/mol. The van der Waals surface area contributed by atoms with Gasteiger partial charge < -0.3 is 24.8 Å². The average Bonchev–Trinajstić information content (AvgIpc) is 2.11. The van der Waals surface area contributed by atoms with Gasteiger partial charge in [-0.3, -0.25) is 0 Å². The smallest absolute Gasteiger partial charge is 1.00 e. The van der Waals surface area contributed by atoms with Crippen molar-refractivity contribution < 1.29 is 48.0 Å². The zero-order valence-electron chi connectivity index (χ0n) is 9.72. The molecule has 84 valence electrons. The van der Waals surface area contributed by atoms with Gasteiger partial charge in [-0.2, -0.15) is 0 Å². The SMILES string of the molecule is CC=CC=[C](C)[Zr+2][C](C)=CC=CC.[Cl-].[Cl-]. The molecule has 0 aliphatic carbocycles. The molecule has 0 atom stereocenters. The molecule has 15 heavy (non-hydrogen) atoms. The van der Waals surface area contributed by atoms with Gasteiger partial charge in [0.1, 0.15) is 0 Å². The number of hydrogen-bond donors (Lipinski definition) is 0. The summed E-state index contributed by atoms with van der Waals surface area (Å²) in [5.74, 6) is 0. The Bertz CT molecular complexity index is 224. The van der Waals surface area contributed by atoms with Gasteiger partial charge in [0, 0.05) is 0 Å². The summed E-state index contributed by atoms with van der Waals surface area (Å²) in [5.41, 5.74) is 0. The van der Waals surface area contributed by atoms with E-state index in [4.69, 9.17) is 0 Å². The van der Waals surface area contributed by atoms with Crippen LogP contribution in [0.3, 0.4) is 0 Å². The number of rotatable bonds is 4. The minimum Gasteiger partial charge on any atom is -1.00 e. The molecule has 0 aromatic carbocycles. The van der Waals surface area contributed by atoms with E-state index >= 15 is 0 Å². The Balaban J connectivity index is -0.000000720. The number of hydrogen-bond acceptors (Lipinski definition) is 0. The van der Waals surface area contributed by atoms with Gasteiger partial charge >= 0.3 is 93.9 Å². The largest absolute Gasteiger partial charge is 1.00 e. The van der Waals surface area contributed by atoms with Gasteiger partial charge in [0.15, 0.2) is 0 Å². The van der Waals surface area contributed by atoms with E-state index in [0.717, 1.165) is 0 Å². The second kappa shape index (κ2) is 14.4. The third-order valence-electron chi connectivity index (χ3n) is 1.47. The molecule has 0 saturated carbocycles. The Kier molecular flexibility index (Phi) is 20.0. The van der Waals surface area contributed by atoms with Crippen LogP contribution >= 0.6 is 0 Å². The van der Waals surface area contributed by atoms with Crippen LogP contribution in [0.4, 0.5) is 0 Å². The van der Waals surface area contributed by atoms with Gasteiger partial charge in [-0.05, 0) is 0 Å². The molecule has 0 heterocycles. The number of allylic oxidation sites excluding steroid dienone is 8. The molecule has 0 aliphatic heterocycles. The minimum atomic E-state index is -0.435. The maximum Gasteiger partial charge on any atom is -1.00 e. The van der Waals surface area contributed by atoms with E-state index in [1.165, 1.54) is 0 Å². The molecule has 0 saturated heterocycles. The van der Waals surface area contributed by atoms with E-state index in [9.17, 15) is 0 Å².